The van der Waals surface area contributed by atoms with Crippen LogP contribution in [0.2, 0.25) is 0 Å². The SMILES string of the molecule is CCCc1ccc(C)cc1-n1c(C)csc1=NC(=O)NCCCC(C)c1ccc(-c2ncn(-c3ccc(OC(F)(F)F)cc3)n2)cc1. The molecule has 2 heterocycles. The number of hydrogen-bond donors (Lipinski definition) is 1. The summed E-state index contributed by atoms with van der Waals surface area (Å²) in [5.41, 5.74) is 7.05. The second-order valence-corrected chi connectivity index (χ2v) is 12.3. The summed E-state index contributed by atoms with van der Waals surface area (Å²) < 4.78 is 44.8. The van der Waals surface area contributed by atoms with Crippen molar-refractivity contribution in [2.24, 2.45) is 4.99 Å². The number of hydrogen-bond acceptors (Lipinski definition) is 5. The Balaban J connectivity index is 1.14. The summed E-state index contributed by atoms with van der Waals surface area (Å²) in [6.45, 7) is 8.93. The summed E-state index contributed by atoms with van der Waals surface area (Å²) in [4.78, 5) is 22.2. The van der Waals surface area contributed by atoms with Crippen molar-refractivity contribution in [3.63, 3.8) is 0 Å². The van der Waals surface area contributed by atoms with Crippen LogP contribution in [-0.4, -0.2) is 38.3 Å². The number of rotatable bonds is 11. The van der Waals surface area contributed by atoms with Gasteiger partial charge in [-0.25, -0.2) is 14.5 Å². The fourth-order valence-electron chi connectivity index (χ4n) is 5.30. The van der Waals surface area contributed by atoms with Crippen molar-refractivity contribution in [2.45, 2.75) is 65.7 Å². The van der Waals surface area contributed by atoms with E-state index < -0.39 is 6.36 Å². The number of urea groups is 1. The molecule has 12 heteroatoms. The van der Waals surface area contributed by atoms with Gasteiger partial charge in [0.05, 0.1) is 11.4 Å². The van der Waals surface area contributed by atoms with Crippen molar-refractivity contribution in [1.82, 2.24) is 24.6 Å². The number of carbonyl (C=O) groups excluding carboxylic acids is 1. The van der Waals surface area contributed by atoms with E-state index in [1.54, 1.807) is 0 Å². The minimum atomic E-state index is -4.74. The zero-order valence-corrected chi connectivity index (χ0v) is 27.5. The monoisotopic (exact) mass is 662 g/mol. The molecule has 246 valence electrons. The Kier molecular flexibility index (Phi) is 10.6. The number of benzene rings is 3. The molecular formula is C35H37F3N6O2S. The molecule has 5 aromatic rings. The lowest BCUT2D eigenvalue weighted by Gasteiger charge is -2.13. The third-order valence-corrected chi connectivity index (χ3v) is 8.68. The predicted octanol–water partition coefficient (Wildman–Crippen LogP) is 8.45. The van der Waals surface area contributed by atoms with Crippen LogP contribution in [0.25, 0.3) is 22.8 Å². The summed E-state index contributed by atoms with van der Waals surface area (Å²) in [5, 5.41) is 9.44. The maximum Gasteiger partial charge on any atom is 0.573 e. The number of aromatic nitrogens is 4. The van der Waals surface area contributed by atoms with Crippen LogP contribution in [0.3, 0.4) is 0 Å². The molecule has 0 aliphatic carbocycles. The Morgan fingerprint density at radius 2 is 1.81 bits per heavy atom. The van der Waals surface area contributed by atoms with Crippen LogP contribution in [0.4, 0.5) is 18.0 Å². The lowest BCUT2D eigenvalue weighted by atomic mass is 9.95. The average molecular weight is 663 g/mol. The molecule has 3 aromatic carbocycles. The van der Waals surface area contributed by atoms with Gasteiger partial charge in [0.15, 0.2) is 10.6 Å². The number of aryl methyl sites for hydroxylation is 3. The lowest BCUT2D eigenvalue weighted by molar-refractivity contribution is -0.274. The van der Waals surface area contributed by atoms with E-state index >= 15 is 0 Å². The van der Waals surface area contributed by atoms with Crippen molar-refractivity contribution < 1.29 is 22.7 Å². The van der Waals surface area contributed by atoms with Crippen molar-refractivity contribution >= 4 is 17.4 Å². The van der Waals surface area contributed by atoms with Gasteiger partial charge in [-0.3, -0.25) is 4.57 Å². The first-order valence-electron chi connectivity index (χ1n) is 15.5. The van der Waals surface area contributed by atoms with Crippen molar-refractivity contribution in [2.75, 3.05) is 6.54 Å². The number of amides is 2. The van der Waals surface area contributed by atoms with Gasteiger partial charge in [0.1, 0.15) is 12.1 Å². The minimum absolute atomic E-state index is 0.265. The third-order valence-electron chi connectivity index (χ3n) is 7.73. The normalized spacial score (nSPS) is 12.7. The highest BCUT2D eigenvalue weighted by molar-refractivity contribution is 7.07. The van der Waals surface area contributed by atoms with Crippen LogP contribution in [-0.2, 0) is 6.42 Å². The standard InChI is InChI=1S/C35H37F3N6O2S/c1-5-7-27-10-9-23(2)20-31(27)44-25(4)21-47-34(44)41-33(45)39-19-6-8-24(3)26-11-13-28(14-12-26)32-40-22-43(42-32)29-15-17-30(18-16-29)46-35(36,37)38/h9-18,20-22,24H,5-8,19H2,1-4H3,(H,39,45). The van der Waals surface area contributed by atoms with E-state index in [0.717, 1.165) is 53.8 Å². The first-order chi connectivity index (χ1) is 22.5. The Labute approximate surface area is 275 Å². The van der Waals surface area contributed by atoms with Gasteiger partial charge in [0, 0.05) is 23.2 Å². The van der Waals surface area contributed by atoms with Gasteiger partial charge in [-0.05, 0) is 86.1 Å². The minimum Gasteiger partial charge on any atom is -0.406 e. The molecule has 2 amide bonds. The Morgan fingerprint density at radius 1 is 1.06 bits per heavy atom. The largest absolute Gasteiger partial charge is 0.573 e. The second kappa shape index (κ2) is 14.8. The van der Waals surface area contributed by atoms with E-state index in [1.165, 1.54) is 52.2 Å². The Hall–Kier alpha value is -4.71. The average Bonchev–Trinajstić information content (AvgIpc) is 3.67. The predicted molar refractivity (Wildman–Crippen MR) is 177 cm³/mol. The topological polar surface area (TPSA) is 86.3 Å². The summed E-state index contributed by atoms with van der Waals surface area (Å²) in [5.74, 6) is 0.461. The number of carbonyl (C=O) groups is 1. The molecule has 0 aliphatic rings. The van der Waals surface area contributed by atoms with E-state index in [0.29, 0.717) is 22.9 Å². The summed E-state index contributed by atoms with van der Waals surface area (Å²) in [7, 11) is 0. The molecule has 0 saturated carbocycles. The first kappa shape index (κ1) is 33.6. The highest BCUT2D eigenvalue weighted by Gasteiger charge is 2.31. The molecule has 5 rings (SSSR count). The van der Waals surface area contributed by atoms with Crippen LogP contribution in [0.1, 0.15) is 61.4 Å². The van der Waals surface area contributed by atoms with Crippen molar-refractivity contribution in [3.8, 4) is 28.5 Å². The molecule has 0 aliphatic heterocycles. The molecule has 1 atom stereocenters. The smallest absolute Gasteiger partial charge is 0.406 e. The lowest BCUT2D eigenvalue weighted by Crippen LogP contribution is -2.25. The van der Waals surface area contributed by atoms with E-state index in [1.807, 2.05) is 36.6 Å². The van der Waals surface area contributed by atoms with Crippen LogP contribution >= 0.6 is 11.3 Å². The molecule has 2 aromatic heterocycles. The van der Waals surface area contributed by atoms with E-state index in [9.17, 15) is 18.0 Å². The molecule has 0 spiro atoms. The molecule has 1 unspecified atom stereocenters. The Bertz CT molecular complexity index is 1880. The molecular weight excluding hydrogens is 625 g/mol. The molecule has 1 N–H and O–H groups in total. The first-order valence-corrected chi connectivity index (χ1v) is 16.4. The number of nitrogens with zero attached hydrogens (tertiary/aromatic N) is 5. The molecule has 0 saturated heterocycles. The fraction of sp³-hybridized carbons (Fsp3) is 0.314. The fourth-order valence-corrected chi connectivity index (χ4v) is 6.17. The van der Waals surface area contributed by atoms with Crippen molar-refractivity contribution in [1.29, 1.82) is 0 Å². The van der Waals surface area contributed by atoms with Crippen LogP contribution in [0.5, 0.6) is 5.75 Å². The number of ether oxygens (including phenoxy) is 1. The van der Waals surface area contributed by atoms with Gasteiger partial charge in [-0.2, -0.15) is 4.99 Å². The van der Waals surface area contributed by atoms with Gasteiger partial charge in [-0.15, -0.1) is 29.6 Å². The second-order valence-electron chi connectivity index (χ2n) is 11.4. The quantitative estimate of drug-likeness (QED) is 0.144. The van der Waals surface area contributed by atoms with Gasteiger partial charge in [0.25, 0.3) is 0 Å². The summed E-state index contributed by atoms with van der Waals surface area (Å²) >= 11 is 1.46. The van der Waals surface area contributed by atoms with Crippen LogP contribution in [0, 0.1) is 13.8 Å². The number of alkyl halides is 3. The number of halogens is 3. The maximum absolute atomic E-state index is 12.8. The molecule has 8 nitrogen and oxygen atoms in total. The van der Waals surface area contributed by atoms with Crippen LogP contribution < -0.4 is 14.9 Å². The maximum atomic E-state index is 12.8. The zero-order valence-electron chi connectivity index (χ0n) is 26.7. The van der Waals surface area contributed by atoms with Crippen LogP contribution in [0.15, 0.2) is 83.4 Å². The van der Waals surface area contributed by atoms with E-state index in [-0.39, 0.29) is 17.7 Å². The molecule has 0 radical (unpaired) electrons. The van der Waals surface area contributed by atoms with Gasteiger partial charge >= 0.3 is 12.4 Å². The zero-order chi connectivity index (χ0) is 33.6. The summed E-state index contributed by atoms with van der Waals surface area (Å²) in [6, 6.07) is 19.5. The van der Waals surface area contributed by atoms with E-state index in [4.69, 9.17) is 0 Å². The Morgan fingerprint density at radius 3 is 2.51 bits per heavy atom. The third kappa shape index (κ3) is 8.76. The number of nitrogens with one attached hydrogen (secondary N) is 1. The van der Waals surface area contributed by atoms with Crippen molar-refractivity contribution in [3.05, 3.63) is 106 Å². The molecule has 0 fully saturated rings. The van der Waals surface area contributed by atoms with Gasteiger partial charge < -0.3 is 10.1 Å². The van der Waals surface area contributed by atoms with E-state index in [2.05, 4.69) is 68.7 Å². The highest BCUT2D eigenvalue weighted by atomic mass is 32.1. The molecule has 47 heavy (non-hydrogen) atoms. The molecule has 0 bridgehead atoms. The highest BCUT2D eigenvalue weighted by Crippen LogP contribution is 2.26. The summed E-state index contributed by atoms with van der Waals surface area (Å²) in [6.07, 6.45) is 0.430. The van der Waals surface area contributed by atoms with Gasteiger partial charge in [0.2, 0.25) is 0 Å². The number of thiazole rings is 1. The van der Waals surface area contributed by atoms with Gasteiger partial charge in [-0.1, -0.05) is 56.7 Å².